The van der Waals surface area contributed by atoms with Crippen molar-refractivity contribution in [3.63, 3.8) is 0 Å². The number of nitrogens with zero attached hydrogens (tertiary/aromatic N) is 2. The molecule has 1 saturated heterocycles. The Balaban J connectivity index is 2.07. The lowest BCUT2D eigenvalue weighted by Gasteiger charge is -2.26. The van der Waals surface area contributed by atoms with Gasteiger partial charge < -0.3 is 10.0 Å². The molecule has 1 aliphatic rings. The number of hydrogen-bond acceptors (Lipinski definition) is 3. The van der Waals surface area contributed by atoms with Gasteiger partial charge in [0.25, 0.3) is 0 Å². The van der Waals surface area contributed by atoms with Gasteiger partial charge in [-0.25, -0.2) is 4.39 Å². The summed E-state index contributed by atoms with van der Waals surface area (Å²) in [7, 11) is 4.01. The zero-order chi connectivity index (χ0) is 14.0. The zero-order valence-electron chi connectivity index (χ0n) is 11.3. The lowest BCUT2D eigenvalue weighted by Crippen LogP contribution is -2.37. The zero-order valence-corrected chi connectivity index (χ0v) is 12.1. The molecule has 1 heterocycles. The molecule has 106 valence electrons. The molecule has 1 fully saturated rings. The van der Waals surface area contributed by atoms with Gasteiger partial charge in [-0.15, -0.1) is 0 Å². The minimum Gasteiger partial charge on any atom is -0.392 e. The van der Waals surface area contributed by atoms with Crippen LogP contribution in [0.2, 0.25) is 5.02 Å². The molecule has 0 saturated carbocycles. The van der Waals surface area contributed by atoms with Crippen LogP contribution in [0.1, 0.15) is 12.0 Å². The summed E-state index contributed by atoms with van der Waals surface area (Å²) in [5.74, 6) is -0.280. The van der Waals surface area contributed by atoms with Gasteiger partial charge in [-0.05, 0) is 32.6 Å². The van der Waals surface area contributed by atoms with Crippen molar-refractivity contribution in [1.29, 1.82) is 0 Å². The van der Waals surface area contributed by atoms with Gasteiger partial charge in [-0.1, -0.05) is 17.7 Å². The molecule has 0 amide bonds. The van der Waals surface area contributed by atoms with E-state index in [2.05, 4.69) is 9.80 Å². The third-order valence-corrected chi connectivity index (χ3v) is 3.71. The number of aliphatic hydroxyl groups is 1. The largest absolute Gasteiger partial charge is 0.392 e. The summed E-state index contributed by atoms with van der Waals surface area (Å²) in [6, 6.07) is 5.02. The molecule has 1 aliphatic heterocycles. The summed E-state index contributed by atoms with van der Waals surface area (Å²) in [6.45, 7) is 1.98. The third kappa shape index (κ3) is 3.89. The maximum absolute atomic E-state index is 13.8. The second-order valence-corrected chi connectivity index (χ2v) is 5.91. The topological polar surface area (TPSA) is 26.7 Å². The van der Waals surface area contributed by atoms with E-state index < -0.39 is 0 Å². The summed E-state index contributed by atoms with van der Waals surface area (Å²) in [6.07, 6.45) is 0.424. The third-order valence-electron chi connectivity index (χ3n) is 3.47. The van der Waals surface area contributed by atoms with E-state index in [1.807, 2.05) is 14.1 Å². The first-order valence-corrected chi connectivity index (χ1v) is 6.84. The van der Waals surface area contributed by atoms with Crippen molar-refractivity contribution in [1.82, 2.24) is 9.80 Å². The first-order chi connectivity index (χ1) is 8.95. The lowest BCUT2D eigenvalue weighted by atomic mass is 10.1. The van der Waals surface area contributed by atoms with Crippen molar-refractivity contribution < 1.29 is 9.50 Å². The van der Waals surface area contributed by atoms with Gasteiger partial charge in [-0.3, -0.25) is 4.90 Å². The van der Waals surface area contributed by atoms with Gasteiger partial charge in [0.2, 0.25) is 0 Å². The molecule has 0 bridgehead atoms. The maximum Gasteiger partial charge on any atom is 0.129 e. The van der Waals surface area contributed by atoms with Crippen LogP contribution in [0, 0.1) is 5.82 Å². The van der Waals surface area contributed by atoms with Gasteiger partial charge in [0.05, 0.1) is 6.10 Å². The second-order valence-electron chi connectivity index (χ2n) is 5.47. The van der Waals surface area contributed by atoms with Gasteiger partial charge in [0.15, 0.2) is 0 Å². The van der Waals surface area contributed by atoms with Crippen molar-refractivity contribution in [2.75, 3.05) is 27.2 Å². The Kier molecular flexibility index (Phi) is 4.79. The Morgan fingerprint density at radius 3 is 2.84 bits per heavy atom. The average molecular weight is 287 g/mol. The Labute approximate surface area is 118 Å². The summed E-state index contributed by atoms with van der Waals surface area (Å²) in [5.41, 5.74) is 0.627. The number of halogens is 2. The van der Waals surface area contributed by atoms with Gasteiger partial charge in [0, 0.05) is 36.3 Å². The summed E-state index contributed by atoms with van der Waals surface area (Å²) in [5, 5.41) is 10.2. The monoisotopic (exact) mass is 286 g/mol. The highest BCUT2D eigenvalue weighted by Gasteiger charge is 2.31. The smallest absolute Gasteiger partial charge is 0.129 e. The second kappa shape index (κ2) is 6.18. The maximum atomic E-state index is 13.8. The van der Waals surface area contributed by atoms with E-state index in [0.717, 1.165) is 13.0 Å². The van der Waals surface area contributed by atoms with Crippen LogP contribution in [-0.4, -0.2) is 54.2 Å². The average Bonchev–Trinajstić information content (AvgIpc) is 2.62. The molecular formula is C14H20ClFN2O. The fourth-order valence-electron chi connectivity index (χ4n) is 2.63. The standard InChI is InChI=1S/C14H20ClFN2O/c1-17(2)8-12-6-13(19)9-18(12)7-10-3-4-11(15)5-14(10)16/h3-5,12-13,19H,6-9H2,1-2H3. The molecule has 5 heteroatoms. The number of β-amino-alcohol motifs (C(OH)–C–C–N with tert-alkyl or cyclic N) is 1. The number of likely N-dealkylation sites (N-methyl/N-ethyl adjacent to an activating group) is 1. The molecular weight excluding hydrogens is 267 g/mol. The fraction of sp³-hybridized carbons (Fsp3) is 0.571. The molecule has 2 unspecified atom stereocenters. The van der Waals surface area contributed by atoms with Crippen LogP contribution in [0.15, 0.2) is 18.2 Å². The van der Waals surface area contributed by atoms with Crippen molar-refractivity contribution >= 4 is 11.6 Å². The van der Waals surface area contributed by atoms with Crippen LogP contribution in [0.5, 0.6) is 0 Å². The number of hydrogen-bond donors (Lipinski definition) is 1. The van der Waals surface area contributed by atoms with E-state index in [0.29, 0.717) is 23.7 Å². The van der Waals surface area contributed by atoms with Crippen LogP contribution < -0.4 is 0 Å². The first-order valence-electron chi connectivity index (χ1n) is 6.46. The van der Waals surface area contributed by atoms with E-state index in [1.165, 1.54) is 6.07 Å². The van der Waals surface area contributed by atoms with Gasteiger partial charge in [0.1, 0.15) is 5.82 Å². The van der Waals surface area contributed by atoms with Gasteiger partial charge in [-0.2, -0.15) is 0 Å². The highest BCUT2D eigenvalue weighted by Crippen LogP contribution is 2.23. The number of benzene rings is 1. The van der Waals surface area contributed by atoms with Crippen LogP contribution in [0.25, 0.3) is 0 Å². The van der Waals surface area contributed by atoms with E-state index in [1.54, 1.807) is 12.1 Å². The predicted molar refractivity (Wildman–Crippen MR) is 74.8 cm³/mol. The molecule has 2 rings (SSSR count). The quantitative estimate of drug-likeness (QED) is 0.917. The first kappa shape index (κ1) is 14.7. The SMILES string of the molecule is CN(C)CC1CC(O)CN1Cc1ccc(Cl)cc1F. The van der Waals surface area contributed by atoms with E-state index >= 15 is 0 Å². The highest BCUT2D eigenvalue weighted by molar-refractivity contribution is 6.30. The molecule has 3 nitrogen and oxygen atoms in total. The number of aliphatic hydroxyl groups excluding tert-OH is 1. The molecule has 1 aromatic carbocycles. The lowest BCUT2D eigenvalue weighted by molar-refractivity contribution is 0.168. The van der Waals surface area contributed by atoms with Crippen LogP contribution >= 0.6 is 11.6 Å². The Bertz CT molecular complexity index is 441. The molecule has 2 atom stereocenters. The Morgan fingerprint density at radius 1 is 1.47 bits per heavy atom. The molecule has 19 heavy (non-hydrogen) atoms. The highest BCUT2D eigenvalue weighted by atomic mass is 35.5. The minimum absolute atomic E-state index is 0.264. The molecule has 0 radical (unpaired) electrons. The fourth-order valence-corrected chi connectivity index (χ4v) is 2.79. The van der Waals surface area contributed by atoms with E-state index in [4.69, 9.17) is 11.6 Å². The Morgan fingerprint density at radius 2 is 2.21 bits per heavy atom. The molecule has 0 spiro atoms. The molecule has 0 aliphatic carbocycles. The number of likely N-dealkylation sites (tertiary alicyclic amines) is 1. The molecule has 0 aromatic heterocycles. The summed E-state index contributed by atoms with van der Waals surface area (Å²) >= 11 is 5.75. The Hall–Kier alpha value is -0.680. The van der Waals surface area contributed by atoms with Crippen LogP contribution in [-0.2, 0) is 6.54 Å². The van der Waals surface area contributed by atoms with Crippen LogP contribution in [0.4, 0.5) is 4.39 Å². The minimum atomic E-state index is -0.319. The number of rotatable bonds is 4. The molecule has 1 N–H and O–H groups in total. The van der Waals surface area contributed by atoms with E-state index in [9.17, 15) is 9.50 Å². The van der Waals surface area contributed by atoms with Crippen molar-refractivity contribution in [2.24, 2.45) is 0 Å². The van der Waals surface area contributed by atoms with Crippen molar-refractivity contribution in [3.05, 3.63) is 34.6 Å². The molecule has 1 aromatic rings. The summed E-state index contributed by atoms with van der Waals surface area (Å²) in [4.78, 5) is 4.23. The van der Waals surface area contributed by atoms with E-state index in [-0.39, 0.29) is 18.0 Å². The van der Waals surface area contributed by atoms with Crippen LogP contribution in [0.3, 0.4) is 0 Å². The van der Waals surface area contributed by atoms with Crippen molar-refractivity contribution in [2.45, 2.75) is 25.1 Å². The normalized spacial score (nSPS) is 24.3. The predicted octanol–water partition coefficient (Wildman–Crippen LogP) is 1.98. The van der Waals surface area contributed by atoms with Gasteiger partial charge >= 0.3 is 0 Å². The van der Waals surface area contributed by atoms with Crippen molar-refractivity contribution in [3.8, 4) is 0 Å². The summed E-state index contributed by atoms with van der Waals surface area (Å²) < 4.78 is 13.8.